The molecule has 0 aromatic carbocycles. The van der Waals surface area contributed by atoms with Crippen LogP contribution in [0.15, 0.2) is 34.1 Å². The fraction of sp³-hybridized carbons (Fsp3) is 0. The number of aromatic nitrogens is 2. The standard InChI is InChI=1S/C8H4BrN3O/c9-8-10-4-6-2-1-3-7(11-5-13)12(6)8/h1-4H. The van der Waals surface area contributed by atoms with E-state index in [0.29, 0.717) is 10.6 Å². The zero-order chi connectivity index (χ0) is 9.26. The van der Waals surface area contributed by atoms with Gasteiger partial charge in [-0.15, -0.1) is 4.99 Å². The molecule has 0 saturated carbocycles. The molecule has 0 amide bonds. The molecule has 0 fully saturated rings. The minimum atomic E-state index is 0.511. The largest absolute Gasteiger partial charge is 0.271 e. The molecule has 4 nitrogen and oxygen atoms in total. The Hall–Kier alpha value is -1.45. The molecule has 0 unspecified atom stereocenters. The van der Waals surface area contributed by atoms with Crippen molar-refractivity contribution < 1.29 is 4.79 Å². The van der Waals surface area contributed by atoms with Gasteiger partial charge in [-0.2, -0.15) is 0 Å². The van der Waals surface area contributed by atoms with Gasteiger partial charge in [-0.3, -0.25) is 4.40 Å². The number of nitrogens with zero attached hydrogens (tertiary/aromatic N) is 3. The summed E-state index contributed by atoms with van der Waals surface area (Å²) < 4.78 is 2.34. The third kappa shape index (κ3) is 1.28. The van der Waals surface area contributed by atoms with Gasteiger partial charge in [0.2, 0.25) is 6.08 Å². The lowest BCUT2D eigenvalue weighted by atomic mass is 10.4. The summed E-state index contributed by atoms with van der Waals surface area (Å²) in [6.45, 7) is 0. The highest BCUT2D eigenvalue weighted by molar-refractivity contribution is 9.10. The monoisotopic (exact) mass is 237 g/mol. The summed E-state index contributed by atoms with van der Waals surface area (Å²) in [5, 5.41) is 0. The van der Waals surface area contributed by atoms with E-state index in [1.54, 1.807) is 22.7 Å². The number of pyridine rings is 1. The van der Waals surface area contributed by atoms with Gasteiger partial charge in [-0.25, -0.2) is 9.78 Å². The molecule has 0 saturated heterocycles. The van der Waals surface area contributed by atoms with Gasteiger partial charge in [0.05, 0.1) is 11.7 Å². The molecule has 2 aromatic rings. The summed E-state index contributed by atoms with van der Waals surface area (Å²) in [5.74, 6) is 0.511. The van der Waals surface area contributed by atoms with Gasteiger partial charge < -0.3 is 0 Å². The highest BCUT2D eigenvalue weighted by Crippen LogP contribution is 2.20. The molecule has 0 N–H and O–H groups in total. The van der Waals surface area contributed by atoms with E-state index in [-0.39, 0.29) is 0 Å². The number of carbonyl (C=O) groups excluding carboxylic acids is 1. The second kappa shape index (κ2) is 3.12. The zero-order valence-electron chi connectivity index (χ0n) is 6.44. The molecule has 64 valence electrons. The molecule has 0 radical (unpaired) electrons. The lowest BCUT2D eigenvalue weighted by molar-refractivity contribution is 0.565. The smallest absolute Gasteiger partial charge is 0.242 e. The summed E-state index contributed by atoms with van der Waals surface area (Å²) in [4.78, 5) is 17.7. The summed E-state index contributed by atoms with van der Waals surface area (Å²) in [5.41, 5.74) is 0.878. The molecular weight excluding hydrogens is 234 g/mol. The van der Waals surface area contributed by atoms with Crippen LogP contribution >= 0.6 is 15.9 Å². The molecular formula is C8H4BrN3O. The highest BCUT2D eigenvalue weighted by Gasteiger charge is 2.03. The van der Waals surface area contributed by atoms with Crippen molar-refractivity contribution in [2.45, 2.75) is 0 Å². The number of hydrogen-bond acceptors (Lipinski definition) is 3. The minimum Gasteiger partial charge on any atom is -0.271 e. The first-order valence-electron chi connectivity index (χ1n) is 3.53. The maximum absolute atomic E-state index is 10.1. The first-order valence-corrected chi connectivity index (χ1v) is 4.32. The van der Waals surface area contributed by atoms with Crippen molar-refractivity contribution in [3.8, 4) is 0 Å². The van der Waals surface area contributed by atoms with Crippen LogP contribution in [-0.2, 0) is 4.79 Å². The number of imidazole rings is 1. The average molecular weight is 238 g/mol. The second-order valence-corrected chi connectivity index (χ2v) is 3.08. The van der Waals surface area contributed by atoms with E-state index >= 15 is 0 Å². The van der Waals surface area contributed by atoms with Crippen LogP contribution in [-0.4, -0.2) is 15.5 Å². The van der Waals surface area contributed by atoms with Crippen LogP contribution in [0.2, 0.25) is 0 Å². The molecule has 0 spiro atoms. The van der Waals surface area contributed by atoms with Gasteiger partial charge in [0.25, 0.3) is 0 Å². The minimum absolute atomic E-state index is 0.511. The normalized spacial score (nSPS) is 9.92. The molecule has 13 heavy (non-hydrogen) atoms. The number of halogens is 1. The summed E-state index contributed by atoms with van der Waals surface area (Å²) in [6, 6.07) is 5.39. The van der Waals surface area contributed by atoms with Gasteiger partial charge in [-0.05, 0) is 28.1 Å². The van der Waals surface area contributed by atoms with Crippen molar-refractivity contribution in [1.29, 1.82) is 0 Å². The van der Waals surface area contributed by atoms with Crippen molar-refractivity contribution in [3.63, 3.8) is 0 Å². The van der Waals surface area contributed by atoms with Crippen LogP contribution in [0.1, 0.15) is 0 Å². The fourth-order valence-corrected chi connectivity index (χ4v) is 1.62. The van der Waals surface area contributed by atoms with E-state index in [9.17, 15) is 4.79 Å². The number of fused-ring (bicyclic) bond motifs is 1. The Balaban J connectivity index is 2.87. The summed E-state index contributed by atoms with van der Waals surface area (Å²) >= 11 is 3.25. The van der Waals surface area contributed by atoms with Gasteiger partial charge in [-0.1, -0.05) is 6.07 Å². The number of hydrogen-bond donors (Lipinski definition) is 0. The van der Waals surface area contributed by atoms with Gasteiger partial charge in [0.1, 0.15) is 0 Å². The zero-order valence-corrected chi connectivity index (χ0v) is 8.02. The number of rotatable bonds is 1. The quantitative estimate of drug-likeness (QED) is 0.563. The van der Waals surface area contributed by atoms with E-state index in [1.807, 2.05) is 6.07 Å². The van der Waals surface area contributed by atoms with E-state index < -0.39 is 0 Å². The maximum Gasteiger partial charge on any atom is 0.242 e. The first kappa shape index (κ1) is 8.16. The van der Waals surface area contributed by atoms with Crippen molar-refractivity contribution in [2.24, 2.45) is 4.99 Å². The fourth-order valence-electron chi connectivity index (χ4n) is 1.13. The van der Waals surface area contributed by atoms with Crippen molar-refractivity contribution in [3.05, 3.63) is 29.1 Å². The van der Waals surface area contributed by atoms with E-state index in [4.69, 9.17) is 0 Å². The number of isocyanates is 1. The third-order valence-corrected chi connectivity index (χ3v) is 2.21. The van der Waals surface area contributed by atoms with E-state index in [1.165, 1.54) is 6.08 Å². The van der Waals surface area contributed by atoms with Crippen LogP contribution in [0.25, 0.3) is 5.52 Å². The first-order chi connectivity index (χ1) is 6.33. The lowest BCUT2D eigenvalue weighted by Gasteiger charge is -1.97. The molecule has 0 aliphatic heterocycles. The Morgan fingerprint density at radius 3 is 3.15 bits per heavy atom. The molecule has 0 atom stereocenters. The van der Waals surface area contributed by atoms with Crippen LogP contribution in [0.4, 0.5) is 5.82 Å². The Morgan fingerprint density at radius 2 is 2.38 bits per heavy atom. The topological polar surface area (TPSA) is 46.7 Å². The third-order valence-electron chi connectivity index (χ3n) is 1.65. The Morgan fingerprint density at radius 1 is 1.54 bits per heavy atom. The molecule has 0 aliphatic rings. The second-order valence-electron chi connectivity index (χ2n) is 2.37. The predicted octanol–water partition coefficient (Wildman–Crippen LogP) is 2.06. The van der Waals surface area contributed by atoms with Crippen LogP contribution in [0.3, 0.4) is 0 Å². The van der Waals surface area contributed by atoms with Crippen molar-refractivity contribution in [1.82, 2.24) is 9.38 Å². The van der Waals surface area contributed by atoms with Crippen molar-refractivity contribution >= 4 is 33.3 Å². The summed E-state index contributed by atoms with van der Waals surface area (Å²) in [7, 11) is 0. The van der Waals surface area contributed by atoms with Crippen LogP contribution in [0, 0.1) is 0 Å². The molecule has 2 aromatic heterocycles. The highest BCUT2D eigenvalue weighted by atomic mass is 79.9. The SMILES string of the molecule is O=C=Nc1cccc2cnc(Br)n12. The van der Waals surface area contributed by atoms with Gasteiger partial charge in [0, 0.05) is 0 Å². The maximum atomic E-state index is 10.1. The lowest BCUT2D eigenvalue weighted by Crippen LogP contribution is -1.84. The van der Waals surface area contributed by atoms with Crippen LogP contribution in [0.5, 0.6) is 0 Å². The Bertz CT molecular complexity index is 499. The summed E-state index contributed by atoms with van der Waals surface area (Å²) in [6.07, 6.45) is 3.19. The molecule has 0 bridgehead atoms. The van der Waals surface area contributed by atoms with Gasteiger partial charge >= 0.3 is 0 Å². The predicted molar refractivity (Wildman–Crippen MR) is 50.7 cm³/mol. The molecule has 2 rings (SSSR count). The Labute approximate surface area is 82.1 Å². The van der Waals surface area contributed by atoms with Crippen LogP contribution < -0.4 is 0 Å². The van der Waals surface area contributed by atoms with E-state index in [0.717, 1.165) is 5.52 Å². The van der Waals surface area contributed by atoms with Crippen molar-refractivity contribution in [2.75, 3.05) is 0 Å². The Kier molecular flexibility index (Phi) is 1.96. The molecule has 5 heteroatoms. The molecule has 2 heterocycles. The average Bonchev–Trinajstić information content (AvgIpc) is 2.50. The molecule has 0 aliphatic carbocycles. The van der Waals surface area contributed by atoms with E-state index in [2.05, 4.69) is 25.9 Å². The van der Waals surface area contributed by atoms with Gasteiger partial charge in [0.15, 0.2) is 10.6 Å². The number of aliphatic imine (C=N–C) groups is 1.